The van der Waals surface area contributed by atoms with E-state index in [4.69, 9.17) is 11.6 Å². The van der Waals surface area contributed by atoms with Crippen LogP contribution in [0.3, 0.4) is 0 Å². The van der Waals surface area contributed by atoms with Crippen LogP contribution in [-0.2, 0) is 11.3 Å². The average molecular weight is 361 g/mol. The number of carbonyl (C=O) groups is 1. The summed E-state index contributed by atoms with van der Waals surface area (Å²) in [5.74, 6) is 0.358. The number of anilines is 1. The Bertz CT molecular complexity index is 730. The Hall–Kier alpha value is -2.24. The van der Waals surface area contributed by atoms with Crippen LogP contribution < -0.4 is 15.1 Å². The third-order valence-corrected chi connectivity index (χ3v) is 4.72. The number of carbonyl (C=O) groups excluding carboxylic acids is 1. The highest BCUT2D eigenvalue weighted by Gasteiger charge is 2.23. The fraction of sp³-hybridized carbons (Fsp3) is 0.316. The molecule has 0 spiro atoms. The van der Waals surface area contributed by atoms with Crippen molar-refractivity contribution in [2.45, 2.75) is 6.54 Å². The monoisotopic (exact) mass is 360 g/mol. The van der Waals surface area contributed by atoms with Gasteiger partial charge in [-0.3, -0.25) is 4.79 Å². The van der Waals surface area contributed by atoms with E-state index in [1.165, 1.54) is 4.90 Å². The van der Waals surface area contributed by atoms with Crippen molar-refractivity contribution in [3.05, 3.63) is 59.1 Å². The Morgan fingerprint density at radius 1 is 1.16 bits per heavy atom. The van der Waals surface area contributed by atoms with Gasteiger partial charge in [-0.15, -0.1) is 0 Å². The predicted molar refractivity (Wildman–Crippen MR) is 99.2 cm³/mol. The minimum atomic E-state index is 0.0472. The van der Waals surface area contributed by atoms with Gasteiger partial charge in [-0.2, -0.15) is 0 Å². The maximum Gasteiger partial charge on any atom is 0.275 e. The molecular weight excluding hydrogens is 338 g/mol. The van der Waals surface area contributed by atoms with E-state index in [0.717, 1.165) is 37.4 Å². The van der Waals surface area contributed by atoms with E-state index in [2.05, 4.69) is 10.2 Å². The molecule has 0 atom stereocenters. The fourth-order valence-electron chi connectivity index (χ4n) is 3.11. The first-order chi connectivity index (χ1) is 12.1. The van der Waals surface area contributed by atoms with Crippen LogP contribution in [0.2, 0.25) is 5.02 Å². The first kappa shape index (κ1) is 17.6. The maximum absolute atomic E-state index is 12.2. The number of phenolic OH excluding ortho intramolecular Hbond substituents is 1. The molecule has 6 heteroatoms. The highest BCUT2D eigenvalue weighted by Crippen LogP contribution is 2.25. The summed E-state index contributed by atoms with van der Waals surface area (Å²) in [4.78, 5) is 15.6. The highest BCUT2D eigenvalue weighted by atomic mass is 35.5. The molecule has 0 saturated carbocycles. The second-order valence-corrected chi connectivity index (χ2v) is 6.75. The molecule has 132 valence electrons. The van der Waals surface area contributed by atoms with Crippen molar-refractivity contribution in [2.24, 2.45) is 0 Å². The molecule has 1 aliphatic heterocycles. The number of hydrogen-bond donors (Lipinski definition) is 3. The lowest BCUT2D eigenvalue weighted by Crippen LogP contribution is -3.15. The Morgan fingerprint density at radius 3 is 2.64 bits per heavy atom. The van der Waals surface area contributed by atoms with Gasteiger partial charge >= 0.3 is 0 Å². The lowest BCUT2D eigenvalue weighted by molar-refractivity contribution is -0.892. The van der Waals surface area contributed by atoms with Gasteiger partial charge in [0.25, 0.3) is 5.91 Å². The van der Waals surface area contributed by atoms with Gasteiger partial charge in [-0.25, -0.2) is 0 Å². The summed E-state index contributed by atoms with van der Waals surface area (Å²) >= 11 is 5.95. The van der Waals surface area contributed by atoms with Crippen LogP contribution in [-0.4, -0.2) is 43.7 Å². The number of rotatable bonds is 5. The largest absolute Gasteiger partial charge is 0.506 e. The molecule has 2 aromatic carbocycles. The first-order valence-corrected chi connectivity index (χ1v) is 8.87. The van der Waals surface area contributed by atoms with Crippen LogP contribution in [0.4, 0.5) is 5.69 Å². The lowest BCUT2D eigenvalue weighted by atomic mass is 10.2. The number of halogens is 1. The van der Waals surface area contributed by atoms with Crippen LogP contribution in [0.1, 0.15) is 5.56 Å². The van der Waals surface area contributed by atoms with E-state index in [1.54, 1.807) is 6.07 Å². The summed E-state index contributed by atoms with van der Waals surface area (Å²) in [6.07, 6.45) is 0. The zero-order chi connectivity index (χ0) is 17.6. The molecule has 1 aliphatic rings. The van der Waals surface area contributed by atoms with E-state index in [-0.39, 0.29) is 5.91 Å². The number of piperazine rings is 1. The molecule has 1 saturated heterocycles. The quantitative estimate of drug-likeness (QED) is 0.747. The van der Waals surface area contributed by atoms with Crippen molar-refractivity contribution in [2.75, 3.05) is 37.6 Å². The molecule has 3 rings (SSSR count). The SMILES string of the molecule is O=C(C[NH+]1CCN(c2ccccc2O)CC1)NCc1cccc(Cl)c1. The van der Waals surface area contributed by atoms with Gasteiger partial charge in [0, 0.05) is 11.6 Å². The number of amides is 1. The lowest BCUT2D eigenvalue weighted by Gasteiger charge is -2.33. The van der Waals surface area contributed by atoms with Crippen LogP contribution in [0.25, 0.3) is 0 Å². The van der Waals surface area contributed by atoms with Gasteiger partial charge in [0.2, 0.25) is 0 Å². The molecule has 3 N–H and O–H groups in total. The highest BCUT2D eigenvalue weighted by molar-refractivity contribution is 6.30. The number of quaternary nitrogens is 1. The third-order valence-electron chi connectivity index (χ3n) is 4.48. The van der Waals surface area contributed by atoms with Crippen LogP contribution in [0, 0.1) is 0 Å². The zero-order valence-electron chi connectivity index (χ0n) is 14.0. The van der Waals surface area contributed by atoms with E-state index in [9.17, 15) is 9.90 Å². The molecule has 0 aromatic heterocycles. The molecule has 1 heterocycles. The Morgan fingerprint density at radius 2 is 1.92 bits per heavy atom. The van der Waals surface area contributed by atoms with Gasteiger partial charge < -0.3 is 20.2 Å². The van der Waals surface area contributed by atoms with E-state index in [0.29, 0.717) is 23.9 Å². The molecule has 0 radical (unpaired) electrons. The third kappa shape index (κ3) is 4.87. The molecule has 0 bridgehead atoms. The molecule has 25 heavy (non-hydrogen) atoms. The second-order valence-electron chi connectivity index (χ2n) is 6.31. The van der Waals surface area contributed by atoms with Gasteiger partial charge in [0.15, 0.2) is 6.54 Å². The predicted octanol–water partition coefficient (Wildman–Crippen LogP) is 1.07. The minimum Gasteiger partial charge on any atom is -0.506 e. The minimum absolute atomic E-state index is 0.0472. The molecule has 2 aromatic rings. The molecule has 5 nitrogen and oxygen atoms in total. The van der Waals surface area contributed by atoms with Gasteiger partial charge in [0.05, 0.1) is 31.9 Å². The number of nitrogens with one attached hydrogen (secondary N) is 2. The maximum atomic E-state index is 12.2. The molecule has 0 unspecified atom stereocenters. The van der Waals surface area contributed by atoms with Gasteiger partial charge in [-0.1, -0.05) is 35.9 Å². The van der Waals surface area contributed by atoms with E-state index in [1.807, 2.05) is 42.5 Å². The Labute approximate surface area is 152 Å². The molecular formula is C19H23ClN3O2+. The zero-order valence-corrected chi connectivity index (χ0v) is 14.8. The van der Waals surface area contributed by atoms with Crippen molar-refractivity contribution in [3.8, 4) is 5.75 Å². The van der Waals surface area contributed by atoms with Crippen molar-refractivity contribution in [3.63, 3.8) is 0 Å². The van der Waals surface area contributed by atoms with Crippen LogP contribution in [0.15, 0.2) is 48.5 Å². The summed E-state index contributed by atoms with van der Waals surface area (Å²) < 4.78 is 0. The number of hydrogen-bond acceptors (Lipinski definition) is 3. The Kier molecular flexibility index (Phi) is 5.79. The summed E-state index contributed by atoms with van der Waals surface area (Å²) in [7, 11) is 0. The topological polar surface area (TPSA) is 57.0 Å². The van der Waals surface area contributed by atoms with Crippen molar-refractivity contribution in [1.29, 1.82) is 0 Å². The van der Waals surface area contributed by atoms with Gasteiger partial charge in [-0.05, 0) is 29.8 Å². The Balaban J connectivity index is 1.44. The van der Waals surface area contributed by atoms with Crippen molar-refractivity contribution >= 4 is 23.2 Å². The number of aromatic hydroxyl groups is 1. The average Bonchev–Trinajstić information content (AvgIpc) is 2.61. The summed E-state index contributed by atoms with van der Waals surface area (Å²) in [6, 6.07) is 14.9. The summed E-state index contributed by atoms with van der Waals surface area (Å²) in [6.45, 7) is 4.37. The molecule has 1 amide bonds. The van der Waals surface area contributed by atoms with Crippen LogP contribution in [0.5, 0.6) is 5.75 Å². The van der Waals surface area contributed by atoms with Crippen molar-refractivity contribution < 1.29 is 14.8 Å². The normalized spacial score (nSPS) is 15.2. The summed E-state index contributed by atoms with van der Waals surface area (Å²) in [5, 5.41) is 13.6. The van der Waals surface area contributed by atoms with E-state index >= 15 is 0 Å². The number of nitrogens with zero attached hydrogens (tertiary/aromatic N) is 1. The fourth-order valence-corrected chi connectivity index (χ4v) is 3.32. The summed E-state index contributed by atoms with van der Waals surface area (Å²) in [5.41, 5.74) is 1.87. The number of benzene rings is 2. The van der Waals surface area contributed by atoms with Gasteiger partial charge in [0.1, 0.15) is 5.75 Å². The smallest absolute Gasteiger partial charge is 0.275 e. The number of para-hydroxylation sites is 2. The van der Waals surface area contributed by atoms with E-state index < -0.39 is 0 Å². The van der Waals surface area contributed by atoms with Crippen LogP contribution >= 0.6 is 11.6 Å². The second kappa shape index (κ2) is 8.23. The standard InChI is InChI=1S/C19H22ClN3O2/c20-16-5-3-4-15(12-16)13-21-19(25)14-22-8-10-23(11-9-22)17-6-1-2-7-18(17)24/h1-7,12,24H,8-11,13-14H2,(H,21,25)/p+1. The molecule has 0 aliphatic carbocycles. The van der Waals surface area contributed by atoms with Crippen molar-refractivity contribution in [1.82, 2.24) is 5.32 Å². The molecule has 1 fully saturated rings. The number of phenols is 1. The first-order valence-electron chi connectivity index (χ1n) is 8.49.